The second-order valence-electron chi connectivity index (χ2n) is 4.58. The van der Waals surface area contributed by atoms with Crippen LogP contribution >= 0.6 is 0 Å². The predicted molar refractivity (Wildman–Crippen MR) is 70.4 cm³/mol. The van der Waals surface area contributed by atoms with Crippen molar-refractivity contribution in [2.75, 3.05) is 19.8 Å². The molecule has 0 aromatic carbocycles. The smallest absolute Gasteiger partial charge is 0.372 e. The first-order valence-electron chi connectivity index (χ1n) is 6.86. The van der Waals surface area contributed by atoms with Crippen molar-refractivity contribution in [2.45, 2.75) is 45.5 Å². The van der Waals surface area contributed by atoms with Gasteiger partial charge in [-0.25, -0.2) is 0 Å². The highest BCUT2D eigenvalue weighted by Crippen LogP contribution is 2.16. The van der Waals surface area contributed by atoms with Gasteiger partial charge in [-0.05, 0) is 19.4 Å². The zero-order chi connectivity index (χ0) is 15.0. The second-order valence-corrected chi connectivity index (χ2v) is 4.58. The Balaban J connectivity index is 2.30. The number of alkyl halides is 3. The highest BCUT2D eigenvalue weighted by atomic mass is 19.4. The Morgan fingerprint density at radius 2 is 2.15 bits per heavy atom. The first-order chi connectivity index (χ1) is 9.46. The third-order valence-electron chi connectivity index (χ3n) is 2.86. The molecule has 1 N–H and O–H groups in total. The van der Waals surface area contributed by atoms with E-state index < -0.39 is 12.8 Å². The van der Waals surface area contributed by atoms with Gasteiger partial charge in [0, 0.05) is 31.0 Å². The van der Waals surface area contributed by atoms with Gasteiger partial charge in [-0.3, -0.25) is 4.68 Å². The molecule has 0 amide bonds. The van der Waals surface area contributed by atoms with Gasteiger partial charge in [0.2, 0.25) is 0 Å². The largest absolute Gasteiger partial charge is 0.411 e. The summed E-state index contributed by atoms with van der Waals surface area (Å²) in [7, 11) is 0. The summed E-state index contributed by atoms with van der Waals surface area (Å²) in [5.41, 5.74) is 1.10. The summed E-state index contributed by atoms with van der Waals surface area (Å²) in [6, 6.07) is 0.273. The zero-order valence-electron chi connectivity index (χ0n) is 11.9. The van der Waals surface area contributed by atoms with Crippen LogP contribution in [0.4, 0.5) is 13.2 Å². The first-order valence-corrected chi connectivity index (χ1v) is 6.86. The normalized spacial score (nSPS) is 13.7. The molecule has 1 aromatic rings. The molecule has 7 heteroatoms. The molecule has 0 fully saturated rings. The fourth-order valence-corrected chi connectivity index (χ4v) is 1.94. The van der Waals surface area contributed by atoms with Crippen molar-refractivity contribution in [3.8, 4) is 0 Å². The molecule has 1 aromatic heterocycles. The van der Waals surface area contributed by atoms with Gasteiger partial charge in [-0.1, -0.05) is 13.8 Å². The van der Waals surface area contributed by atoms with E-state index in [1.807, 2.05) is 13.1 Å². The number of aryl methyl sites for hydroxylation is 1. The van der Waals surface area contributed by atoms with E-state index in [0.717, 1.165) is 18.5 Å². The number of nitrogens with zero attached hydrogens (tertiary/aromatic N) is 2. The first kappa shape index (κ1) is 17.0. The van der Waals surface area contributed by atoms with Crippen LogP contribution in [-0.2, 0) is 11.3 Å². The molecule has 0 saturated carbocycles. The van der Waals surface area contributed by atoms with Crippen molar-refractivity contribution in [2.24, 2.45) is 0 Å². The minimum absolute atomic E-state index is 0.0825. The number of ether oxygens (including phenoxy) is 1. The van der Waals surface area contributed by atoms with E-state index >= 15 is 0 Å². The molecule has 0 bridgehead atoms. The average molecular weight is 293 g/mol. The van der Waals surface area contributed by atoms with Crippen molar-refractivity contribution >= 4 is 0 Å². The van der Waals surface area contributed by atoms with Crippen LogP contribution in [-0.4, -0.2) is 35.7 Å². The molecule has 1 unspecified atom stereocenters. The fraction of sp³-hybridized carbons (Fsp3) is 0.769. The lowest BCUT2D eigenvalue weighted by molar-refractivity contribution is -0.174. The second kappa shape index (κ2) is 8.26. The number of rotatable bonds is 9. The van der Waals surface area contributed by atoms with E-state index in [4.69, 9.17) is 0 Å². The molecule has 0 aliphatic carbocycles. The number of hydrogen-bond acceptors (Lipinski definition) is 3. The van der Waals surface area contributed by atoms with Crippen LogP contribution in [0.3, 0.4) is 0 Å². The molecule has 0 spiro atoms. The number of hydrogen-bond donors (Lipinski definition) is 1. The summed E-state index contributed by atoms with van der Waals surface area (Å²) < 4.78 is 41.9. The molecule has 0 aliphatic heterocycles. The van der Waals surface area contributed by atoms with Gasteiger partial charge in [0.05, 0.1) is 6.20 Å². The van der Waals surface area contributed by atoms with Crippen LogP contribution in [0.5, 0.6) is 0 Å². The van der Waals surface area contributed by atoms with Crippen molar-refractivity contribution in [1.82, 2.24) is 15.1 Å². The van der Waals surface area contributed by atoms with Crippen LogP contribution in [0.25, 0.3) is 0 Å². The topological polar surface area (TPSA) is 39.1 Å². The third-order valence-corrected chi connectivity index (χ3v) is 2.86. The summed E-state index contributed by atoms with van der Waals surface area (Å²) in [6.45, 7) is 4.48. The molecule has 1 heterocycles. The van der Waals surface area contributed by atoms with Crippen molar-refractivity contribution < 1.29 is 17.9 Å². The number of halogens is 3. The molecular formula is C13H22F3N3O. The van der Waals surface area contributed by atoms with Crippen LogP contribution < -0.4 is 5.32 Å². The van der Waals surface area contributed by atoms with E-state index in [-0.39, 0.29) is 12.6 Å². The highest BCUT2D eigenvalue weighted by molar-refractivity contribution is 5.10. The van der Waals surface area contributed by atoms with Crippen LogP contribution in [0, 0.1) is 0 Å². The van der Waals surface area contributed by atoms with Gasteiger partial charge < -0.3 is 10.1 Å². The molecular weight excluding hydrogens is 271 g/mol. The number of aromatic nitrogens is 2. The molecule has 1 atom stereocenters. The van der Waals surface area contributed by atoms with Crippen LogP contribution in [0.1, 0.15) is 38.3 Å². The average Bonchev–Trinajstić information content (AvgIpc) is 2.82. The molecule has 0 radical (unpaired) electrons. The van der Waals surface area contributed by atoms with Crippen LogP contribution in [0.2, 0.25) is 0 Å². The van der Waals surface area contributed by atoms with E-state index in [0.29, 0.717) is 13.0 Å². The van der Waals surface area contributed by atoms with E-state index in [2.05, 4.69) is 22.1 Å². The third kappa shape index (κ3) is 6.38. The van der Waals surface area contributed by atoms with Crippen molar-refractivity contribution in [3.05, 3.63) is 18.0 Å². The Morgan fingerprint density at radius 3 is 2.75 bits per heavy atom. The van der Waals surface area contributed by atoms with E-state index in [9.17, 15) is 13.2 Å². The zero-order valence-corrected chi connectivity index (χ0v) is 11.9. The summed E-state index contributed by atoms with van der Waals surface area (Å²) in [4.78, 5) is 0. The SMILES string of the molecule is CCNC(CC)c1cnn(CCCOCC(F)(F)F)c1. The Morgan fingerprint density at radius 1 is 1.40 bits per heavy atom. The predicted octanol–water partition coefficient (Wildman–Crippen LogP) is 2.91. The van der Waals surface area contributed by atoms with Gasteiger partial charge in [0.1, 0.15) is 6.61 Å². The van der Waals surface area contributed by atoms with Crippen molar-refractivity contribution in [1.29, 1.82) is 0 Å². The lowest BCUT2D eigenvalue weighted by Crippen LogP contribution is -2.19. The van der Waals surface area contributed by atoms with Gasteiger partial charge >= 0.3 is 6.18 Å². The Kier molecular flexibility index (Phi) is 7.01. The molecule has 1 rings (SSSR count). The molecule has 0 aliphatic rings. The summed E-state index contributed by atoms with van der Waals surface area (Å²) in [5, 5.41) is 7.56. The van der Waals surface area contributed by atoms with Gasteiger partial charge in [0.25, 0.3) is 0 Å². The summed E-state index contributed by atoms with van der Waals surface area (Å²) in [5.74, 6) is 0. The minimum Gasteiger partial charge on any atom is -0.372 e. The quantitative estimate of drug-likeness (QED) is 0.712. The summed E-state index contributed by atoms with van der Waals surface area (Å²) in [6.07, 6.45) is 0.955. The Hall–Kier alpha value is -1.08. The molecule has 0 saturated heterocycles. The van der Waals surface area contributed by atoms with Crippen molar-refractivity contribution in [3.63, 3.8) is 0 Å². The lowest BCUT2D eigenvalue weighted by Gasteiger charge is -2.13. The Bertz CT molecular complexity index is 379. The van der Waals surface area contributed by atoms with Gasteiger partial charge in [-0.15, -0.1) is 0 Å². The monoisotopic (exact) mass is 293 g/mol. The van der Waals surface area contributed by atoms with Crippen LogP contribution in [0.15, 0.2) is 12.4 Å². The van der Waals surface area contributed by atoms with Gasteiger partial charge in [-0.2, -0.15) is 18.3 Å². The molecule has 4 nitrogen and oxygen atoms in total. The lowest BCUT2D eigenvalue weighted by atomic mass is 10.1. The van der Waals surface area contributed by atoms with E-state index in [1.165, 1.54) is 0 Å². The fourth-order valence-electron chi connectivity index (χ4n) is 1.94. The maximum atomic E-state index is 11.9. The minimum atomic E-state index is -4.25. The highest BCUT2D eigenvalue weighted by Gasteiger charge is 2.27. The standard InChI is InChI=1S/C13H22F3N3O/c1-3-12(17-4-2)11-8-18-19(9-11)6-5-7-20-10-13(14,15)16/h8-9,12,17H,3-7,10H2,1-2H3. The number of nitrogens with one attached hydrogen (secondary N) is 1. The van der Waals surface area contributed by atoms with Gasteiger partial charge in [0.15, 0.2) is 0 Å². The molecule has 20 heavy (non-hydrogen) atoms. The molecule has 116 valence electrons. The maximum absolute atomic E-state index is 11.9. The maximum Gasteiger partial charge on any atom is 0.411 e. The summed E-state index contributed by atoms with van der Waals surface area (Å²) >= 11 is 0. The van der Waals surface area contributed by atoms with E-state index in [1.54, 1.807) is 10.9 Å². The Labute approximate surface area is 117 Å².